The SMILES string of the molecule is C=CCCC(O)CN(CCN1CCOCC1)Cc1c(-c2ccccc2)noc1N1CCOCC1. The highest BCUT2D eigenvalue weighted by Crippen LogP contribution is 2.33. The van der Waals surface area contributed by atoms with Crippen LogP contribution < -0.4 is 4.90 Å². The number of ether oxygens (including phenoxy) is 2. The molecule has 2 fully saturated rings. The van der Waals surface area contributed by atoms with E-state index in [1.807, 2.05) is 24.3 Å². The Balaban J connectivity index is 1.56. The molecule has 1 aromatic heterocycles. The second-order valence-corrected chi connectivity index (χ2v) is 8.99. The third kappa shape index (κ3) is 6.90. The zero-order chi connectivity index (χ0) is 23.6. The molecule has 34 heavy (non-hydrogen) atoms. The van der Waals surface area contributed by atoms with Gasteiger partial charge in [0.15, 0.2) is 0 Å². The van der Waals surface area contributed by atoms with E-state index in [-0.39, 0.29) is 0 Å². The van der Waals surface area contributed by atoms with Crippen LogP contribution in [0.15, 0.2) is 47.5 Å². The van der Waals surface area contributed by atoms with Crippen LogP contribution in [0.4, 0.5) is 5.88 Å². The first-order valence-electron chi connectivity index (χ1n) is 12.4. The molecule has 0 bridgehead atoms. The van der Waals surface area contributed by atoms with Gasteiger partial charge in [-0.15, -0.1) is 6.58 Å². The lowest BCUT2D eigenvalue weighted by Gasteiger charge is -2.32. The quantitative estimate of drug-likeness (QED) is 0.475. The fraction of sp³-hybridized carbons (Fsp3) is 0.577. The second kappa shape index (κ2) is 13.0. The van der Waals surface area contributed by atoms with Gasteiger partial charge in [-0.3, -0.25) is 9.80 Å². The zero-order valence-corrected chi connectivity index (χ0v) is 20.1. The van der Waals surface area contributed by atoms with Crippen LogP contribution in [0.2, 0.25) is 0 Å². The van der Waals surface area contributed by atoms with Gasteiger partial charge in [-0.2, -0.15) is 0 Å². The third-order valence-electron chi connectivity index (χ3n) is 6.50. The Kier molecular flexibility index (Phi) is 9.53. The standard InChI is InChI=1S/C26H38N4O4/c1-2-3-9-23(31)20-29(11-10-28-12-16-32-17-13-28)21-24-25(22-7-5-4-6-8-22)27-34-26(24)30-14-18-33-19-15-30/h2,4-8,23,31H,1,3,9-21H2. The number of aliphatic hydroxyl groups excluding tert-OH is 1. The van der Waals surface area contributed by atoms with Crippen LogP contribution in [0.3, 0.4) is 0 Å². The van der Waals surface area contributed by atoms with E-state index >= 15 is 0 Å². The molecule has 4 rings (SSSR count). The summed E-state index contributed by atoms with van der Waals surface area (Å²) in [4.78, 5) is 7.00. The minimum atomic E-state index is -0.408. The average molecular weight is 471 g/mol. The lowest BCUT2D eigenvalue weighted by molar-refractivity contribution is 0.0288. The van der Waals surface area contributed by atoms with Crippen molar-refractivity contribution in [2.24, 2.45) is 0 Å². The van der Waals surface area contributed by atoms with E-state index in [0.717, 1.165) is 81.6 Å². The summed E-state index contributed by atoms with van der Waals surface area (Å²) in [6.07, 6.45) is 2.98. The number of hydrogen-bond donors (Lipinski definition) is 1. The zero-order valence-electron chi connectivity index (χ0n) is 20.1. The first kappa shape index (κ1) is 24.9. The third-order valence-corrected chi connectivity index (χ3v) is 6.50. The minimum Gasteiger partial charge on any atom is -0.392 e. The van der Waals surface area contributed by atoms with E-state index in [1.54, 1.807) is 0 Å². The number of aromatic nitrogens is 1. The number of nitrogens with zero attached hydrogens (tertiary/aromatic N) is 4. The summed E-state index contributed by atoms with van der Waals surface area (Å²) in [5, 5.41) is 15.2. The first-order chi connectivity index (χ1) is 16.7. The second-order valence-electron chi connectivity index (χ2n) is 8.99. The molecule has 2 aliphatic heterocycles. The lowest BCUT2D eigenvalue weighted by atomic mass is 10.1. The fourth-order valence-electron chi connectivity index (χ4n) is 4.55. The van der Waals surface area contributed by atoms with Crippen LogP contribution in [0, 0.1) is 0 Å². The van der Waals surface area contributed by atoms with Gasteiger partial charge < -0.3 is 24.0 Å². The number of allylic oxidation sites excluding steroid dienone is 1. The molecule has 1 unspecified atom stereocenters. The molecule has 8 heteroatoms. The molecule has 0 spiro atoms. The number of morpholine rings is 2. The van der Waals surface area contributed by atoms with E-state index in [0.29, 0.717) is 32.7 Å². The van der Waals surface area contributed by atoms with E-state index in [1.165, 1.54) is 0 Å². The van der Waals surface area contributed by atoms with Gasteiger partial charge in [0, 0.05) is 57.9 Å². The van der Waals surface area contributed by atoms with Gasteiger partial charge in [-0.25, -0.2) is 0 Å². The average Bonchev–Trinajstić information content (AvgIpc) is 3.31. The highest BCUT2D eigenvalue weighted by atomic mass is 16.5. The molecular weight excluding hydrogens is 432 g/mol. The maximum Gasteiger partial charge on any atom is 0.232 e. The molecule has 1 N–H and O–H groups in total. The van der Waals surface area contributed by atoms with Crippen LogP contribution in [0.25, 0.3) is 11.3 Å². The molecule has 2 saturated heterocycles. The van der Waals surface area contributed by atoms with Crippen LogP contribution in [0.1, 0.15) is 18.4 Å². The summed E-state index contributed by atoms with van der Waals surface area (Å²) >= 11 is 0. The van der Waals surface area contributed by atoms with Crippen LogP contribution in [-0.4, -0.2) is 98.4 Å². The van der Waals surface area contributed by atoms with Crippen molar-refractivity contribution in [1.29, 1.82) is 0 Å². The Hall–Kier alpha value is -2.23. The lowest BCUT2D eigenvalue weighted by Crippen LogP contribution is -2.43. The van der Waals surface area contributed by atoms with Crippen molar-refractivity contribution < 1.29 is 19.1 Å². The molecule has 0 aliphatic carbocycles. The number of aliphatic hydroxyl groups is 1. The molecule has 0 saturated carbocycles. The Morgan fingerprint density at radius 3 is 2.47 bits per heavy atom. The smallest absolute Gasteiger partial charge is 0.232 e. The van der Waals surface area contributed by atoms with Gasteiger partial charge in [-0.1, -0.05) is 41.6 Å². The molecule has 0 amide bonds. The predicted octanol–water partition coefficient (Wildman–Crippen LogP) is 2.64. The molecule has 8 nitrogen and oxygen atoms in total. The van der Waals surface area contributed by atoms with Gasteiger partial charge in [0.05, 0.1) is 38.1 Å². The van der Waals surface area contributed by atoms with Crippen molar-refractivity contribution in [3.05, 3.63) is 48.6 Å². The van der Waals surface area contributed by atoms with Gasteiger partial charge >= 0.3 is 0 Å². The van der Waals surface area contributed by atoms with Crippen molar-refractivity contribution in [2.75, 3.05) is 77.1 Å². The molecule has 2 aromatic rings. The van der Waals surface area contributed by atoms with Gasteiger partial charge in [0.25, 0.3) is 0 Å². The Morgan fingerprint density at radius 2 is 1.76 bits per heavy atom. The van der Waals surface area contributed by atoms with Crippen molar-refractivity contribution in [2.45, 2.75) is 25.5 Å². The number of hydrogen-bond acceptors (Lipinski definition) is 8. The molecule has 0 radical (unpaired) electrons. The highest BCUT2D eigenvalue weighted by molar-refractivity contribution is 5.68. The number of benzene rings is 1. The van der Waals surface area contributed by atoms with E-state index in [9.17, 15) is 5.11 Å². The van der Waals surface area contributed by atoms with Crippen molar-refractivity contribution in [1.82, 2.24) is 15.0 Å². The minimum absolute atomic E-state index is 0.408. The predicted molar refractivity (Wildman–Crippen MR) is 133 cm³/mol. The van der Waals surface area contributed by atoms with Gasteiger partial charge in [-0.05, 0) is 12.8 Å². The summed E-state index contributed by atoms with van der Waals surface area (Å²) in [6, 6.07) is 10.2. The molecule has 1 aromatic carbocycles. The summed E-state index contributed by atoms with van der Waals surface area (Å²) in [5.74, 6) is 0.819. The summed E-state index contributed by atoms with van der Waals surface area (Å²) in [5.41, 5.74) is 2.99. The van der Waals surface area contributed by atoms with Crippen LogP contribution in [-0.2, 0) is 16.0 Å². The van der Waals surface area contributed by atoms with E-state index < -0.39 is 6.10 Å². The highest BCUT2D eigenvalue weighted by Gasteiger charge is 2.26. The van der Waals surface area contributed by atoms with E-state index in [2.05, 4.69) is 38.6 Å². The summed E-state index contributed by atoms with van der Waals surface area (Å²) < 4.78 is 17.0. The molecule has 1 atom stereocenters. The van der Waals surface area contributed by atoms with Crippen LogP contribution >= 0.6 is 0 Å². The molecule has 3 heterocycles. The van der Waals surface area contributed by atoms with Crippen LogP contribution in [0.5, 0.6) is 0 Å². The van der Waals surface area contributed by atoms with E-state index in [4.69, 9.17) is 14.0 Å². The van der Waals surface area contributed by atoms with Crippen molar-refractivity contribution >= 4 is 5.88 Å². The normalized spacial score (nSPS) is 18.4. The maximum absolute atomic E-state index is 10.7. The topological polar surface area (TPSA) is 74.4 Å². The number of rotatable bonds is 12. The Morgan fingerprint density at radius 1 is 1.06 bits per heavy atom. The largest absolute Gasteiger partial charge is 0.392 e. The summed E-state index contributed by atoms with van der Waals surface area (Å²) in [6.45, 7) is 13.3. The molecule has 186 valence electrons. The van der Waals surface area contributed by atoms with Crippen molar-refractivity contribution in [3.63, 3.8) is 0 Å². The fourth-order valence-corrected chi connectivity index (χ4v) is 4.55. The summed E-state index contributed by atoms with van der Waals surface area (Å²) in [7, 11) is 0. The number of anilines is 1. The Bertz CT molecular complexity index is 863. The van der Waals surface area contributed by atoms with Crippen molar-refractivity contribution in [3.8, 4) is 11.3 Å². The first-order valence-corrected chi connectivity index (χ1v) is 12.4. The van der Waals surface area contributed by atoms with Gasteiger partial charge in [0.1, 0.15) is 5.69 Å². The molecule has 2 aliphatic rings. The maximum atomic E-state index is 10.7. The Labute approximate surface area is 202 Å². The monoisotopic (exact) mass is 470 g/mol. The molecular formula is C26H38N4O4. The van der Waals surface area contributed by atoms with Gasteiger partial charge in [0.2, 0.25) is 5.88 Å².